The number of nitriles is 2. The first kappa shape index (κ1) is 32.3. The van der Waals surface area contributed by atoms with Gasteiger partial charge in [-0.1, -0.05) is 23.2 Å². The lowest BCUT2D eigenvalue weighted by Crippen LogP contribution is -2.49. The van der Waals surface area contributed by atoms with Crippen molar-refractivity contribution in [3.63, 3.8) is 0 Å². The van der Waals surface area contributed by atoms with Crippen LogP contribution in [0, 0.1) is 22.9 Å². The van der Waals surface area contributed by atoms with E-state index in [2.05, 4.69) is 33.7 Å². The number of rotatable bonds is 1. The molecule has 2 aromatic carbocycles. The third-order valence-corrected chi connectivity index (χ3v) is 10.5. The molecule has 6 aliphatic rings. The molecule has 6 heterocycles. The van der Waals surface area contributed by atoms with Crippen LogP contribution in [0.2, 0.25) is 10.0 Å². The predicted octanol–water partition coefficient (Wildman–Crippen LogP) is 4.25. The predicted molar refractivity (Wildman–Crippen MR) is 180 cm³/mol. The quantitative estimate of drug-likeness (QED) is 0.282. The van der Waals surface area contributed by atoms with Crippen molar-refractivity contribution in [3.05, 3.63) is 57.6 Å². The van der Waals surface area contributed by atoms with E-state index in [1.165, 1.54) is 17.7 Å². The van der Waals surface area contributed by atoms with Crippen LogP contribution < -0.4 is 27.0 Å². The van der Waals surface area contributed by atoms with Gasteiger partial charge in [-0.15, -0.1) is 0 Å². The molecule has 2 amide bonds. The molecule has 6 atom stereocenters. The molecule has 46 heavy (non-hydrogen) atoms. The van der Waals surface area contributed by atoms with Crippen molar-refractivity contribution in [2.24, 2.45) is 5.73 Å². The standard InChI is InChI=1S/C17H20ClN5O.C9H11ClN2.C7H11N3/c18-12-1-3-14-11(7-12)9-22(6-5-20-14)17(24)21-15-8-13-2-4-16(15)23(13)10-19;10-8-1-2-9-7(5-8)6-11-3-4-12-9;8-4-10-5-1-2-7(10)6(9)3-5/h1,3,7,13,15-16,20H,2,4-6,8-9H2,(H,21,24);1-2,5,11-12H,3-4,6H2;5-7H,1-3,9H2/t13-,15+,16+;;5-,6+,7+/m0.0/s1. The summed E-state index contributed by atoms with van der Waals surface area (Å²) in [6.45, 7) is 4.78. The third kappa shape index (κ3) is 7.03. The zero-order valence-corrected chi connectivity index (χ0v) is 27.4. The summed E-state index contributed by atoms with van der Waals surface area (Å²) in [5.41, 5.74) is 10.3. The second-order valence-electron chi connectivity index (χ2n) is 12.9. The lowest BCUT2D eigenvalue weighted by molar-refractivity contribution is 0.190. The summed E-state index contributed by atoms with van der Waals surface area (Å²) in [6.07, 6.45) is 10.7. The summed E-state index contributed by atoms with van der Waals surface area (Å²) < 4.78 is 0. The maximum atomic E-state index is 12.7. The van der Waals surface area contributed by atoms with Crippen molar-refractivity contribution >= 4 is 40.6 Å². The summed E-state index contributed by atoms with van der Waals surface area (Å²) in [5, 5.41) is 32.6. The Bertz CT molecular complexity index is 1490. The van der Waals surface area contributed by atoms with Gasteiger partial charge in [0.2, 0.25) is 0 Å². The Kier molecular flexibility index (Phi) is 10.1. The molecule has 0 spiro atoms. The number of halogens is 2. The Morgan fingerprint density at radius 1 is 0.848 bits per heavy atom. The maximum absolute atomic E-state index is 12.7. The van der Waals surface area contributed by atoms with E-state index in [0.717, 1.165) is 68.0 Å². The summed E-state index contributed by atoms with van der Waals surface area (Å²) >= 11 is 12.0. The van der Waals surface area contributed by atoms with Crippen molar-refractivity contribution in [1.29, 1.82) is 10.5 Å². The van der Waals surface area contributed by atoms with Crippen LogP contribution >= 0.6 is 23.2 Å². The van der Waals surface area contributed by atoms with Crippen LogP contribution in [0.5, 0.6) is 0 Å². The van der Waals surface area contributed by atoms with Gasteiger partial charge in [0.15, 0.2) is 12.4 Å². The second-order valence-corrected chi connectivity index (χ2v) is 13.7. The monoisotopic (exact) mass is 664 g/mol. The molecule has 0 radical (unpaired) electrons. The Hall–Kier alpha value is -3.61. The summed E-state index contributed by atoms with van der Waals surface area (Å²) in [5.74, 6) is 0. The van der Waals surface area contributed by atoms with Crippen LogP contribution in [0.25, 0.3) is 0 Å². The highest BCUT2D eigenvalue weighted by molar-refractivity contribution is 6.31. The maximum Gasteiger partial charge on any atom is 0.318 e. The second kappa shape index (κ2) is 14.4. The molecule has 4 saturated heterocycles. The largest absolute Gasteiger partial charge is 0.384 e. The molecule has 6 N–H and O–H groups in total. The highest BCUT2D eigenvalue weighted by Crippen LogP contribution is 2.37. The number of nitrogens with zero attached hydrogens (tertiary/aromatic N) is 5. The number of amides is 2. The number of fused-ring (bicyclic) bond motifs is 6. The molecular weight excluding hydrogens is 623 g/mol. The number of carbonyl (C=O) groups excluding carboxylic acids is 1. The number of urea groups is 1. The number of nitrogens with one attached hydrogen (secondary N) is 4. The molecule has 2 aromatic rings. The molecule has 6 aliphatic heterocycles. The van der Waals surface area contributed by atoms with Crippen molar-refractivity contribution in [3.8, 4) is 12.4 Å². The van der Waals surface area contributed by atoms with Gasteiger partial charge in [0, 0.05) is 78.8 Å². The van der Waals surface area contributed by atoms with Crippen LogP contribution in [0.3, 0.4) is 0 Å². The molecule has 0 aliphatic carbocycles. The highest BCUT2D eigenvalue weighted by Gasteiger charge is 2.47. The topological polar surface area (TPSA) is 149 Å². The third-order valence-electron chi connectivity index (χ3n) is 10.1. The van der Waals surface area contributed by atoms with Gasteiger partial charge >= 0.3 is 6.03 Å². The van der Waals surface area contributed by atoms with Gasteiger partial charge in [0.25, 0.3) is 0 Å². The van der Waals surface area contributed by atoms with Crippen molar-refractivity contribution < 1.29 is 4.79 Å². The molecular formula is C33H42Cl2N10O. The first-order valence-electron chi connectivity index (χ1n) is 16.3. The van der Waals surface area contributed by atoms with Gasteiger partial charge < -0.3 is 41.7 Å². The Balaban J connectivity index is 0.000000140. The van der Waals surface area contributed by atoms with Gasteiger partial charge in [0.05, 0.1) is 18.1 Å². The molecule has 0 aromatic heterocycles. The van der Waals surface area contributed by atoms with Crippen molar-refractivity contribution in [2.75, 3.05) is 36.8 Å². The van der Waals surface area contributed by atoms with Gasteiger partial charge in [-0.05, 0) is 86.1 Å². The lowest BCUT2D eigenvalue weighted by atomic mass is 9.96. The fraction of sp³-hybridized carbons (Fsp3) is 0.545. The minimum absolute atomic E-state index is 0.0555. The van der Waals surface area contributed by atoms with Gasteiger partial charge in [0.1, 0.15) is 0 Å². The lowest BCUT2D eigenvalue weighted by Gasteiger charge is -2.27. The van der Waals surface area contributed by atoms with E-state index >= 15 is 0 Å². The molecule has 0 saturated carbocycles. The van der Waals surface area contributed by atoms with E-state index in [1.807, 2.05) is 51.1 Å². The van der Waals surface area contributed by atoms with Crippen LogP contribution in [-0.4, -0.2) is 83.2 Å². The molecule has 8 rings (SSSR count). The number of hydrogen-bond donors (Lipinski definition) is 5. The Morgan fingerprint density at radius 3 is 2.11 bits per heavy atom. The number of carbonyl (C=O) groups is 1. The van der Waals surface area contributed by atoms with Gasteiger partial charge in [-0.25, -0.2) is 4.79 Å². The molecule has 11 nitrogen and oxygen atoms in total. The molecule has 244 valence electrons. The zero-order valence-electron chi connectivity index (χ0n) is 25.9. The SMILES string of the molecule is Clc1ccc2c(c1)CNCCN2.N#CN1[C@H]2CC[C@@H]1[C@H](N)C2.N#CN1[C@H]2CC[C@@H]1[C@H](NC(=O)N1CCNc3ccc(Cl)cc3C1)C2. The number of anilines is 2. The van der Waals surface area contributed by atoms with Crippen LogP contribution in [0.15, 0.2) is 36.4 Å². The Morgan fingerprint density at radius 2 is 1.48 bits per heavy atom. The number of benzene rings is 2. The highest BCUT2D eigenvalue weighted by atomic mass is 35.5. The fourth-order valence-corrected chi connectivity index (χ4v) is 8.17. The zero-order chi connectivity index (χ0) is 32.2. The molecule has 4 fully saturated rings. The van der Waals surface area contributed by atoms with E-state index in [9.17, 15) is 10.1 Å². The molecule has 13 heteroatoms. The van der Waals surface area contributed by atoms with E-state index in [-0.39, 0.29) is 24.2 Å². The van der Waals surface area contributed by atoms with E-state index in [0.29, 0.717) is 42.8 Å². The normalized spacial score (nSPS) is 28.3. The number of nitrogens with two attached hydrogens (primary N) is 1. The van der Waals surface area contributed by atoms with Crippen LogP contribution in [-0.2, 0) is 13.1 Å². The average Bonchev–Trinajstić information content (AvgIpc) is 3.71. The van der Waals surface area contributed by atoms with Crippen LogP contribution in [0.4, 0.5) is 16.2 Å². The number of hydrogen-bond acceptors (Lipinski definition) is 9. The van der Waals surface area contributed by atoms with Crippen LogP contribution in [0.1, 0.15) is 49.7 Å². The molecule has 4 bridgehead atoms. The first-order valence-corrected chi connectivity index (χ1v) is 17.0. The van der Waals surface area contributed by atoms with Gasteiger partial charge in [-0.2, -0.15) is 10.5 Å². The first-order chi connectivity index (χ1) is 22.3. The summed E-state index contributed by atoms with van der Waals surface area (Å²) in [4.78, 5) is 18.3. The smallest absolute Gasteiger partial charge is 0.318 e. The van der Waals surface area contributed by atoms with Crippen molar-refractivity contribution in [1.82, 2.24) is 25.3 Å². The van der Waals surface area contributed by atoms with Gasteiger partial charge in [-0.3, -0.25) is 0 Å². The average molecular weight is 666 g/mol. The van der Waals surface area contributed by atoms with E-state index < -0.39 is 0 Å². The summed E-state index contributed by atoms with van der Waals surface area (Å²) in [6, 6.07) is 13.3. The summed E-state index contributed by atoms with van der Waals surface area (Å²) in [7, 11) is 0. The van der Waals surface area contributed by atoms with E-state index in [1.54, 1.807) is 0 Å². The minimum atomic E-state index is -0.0555. The fourth-order valence-electron chi connectivity index (χ4n) is 7.78. The Labute approximate surface area is 281 Å². The molecule has 0 unspecified atom stereocenters. The van der Waals surface area contributed by atoms with E-state index in [4.69, 9.17) is 34.2 Å². The minimum Gasteiger partial charge on any atom is -0.384 e. The van der Waals surface area contributed by atoms with Crippen molar-refractivity contribution in [2.45, 2.75) is 87.9 Å².